The van der Waals surface area contributed by atoms with Gasteiger partial charge in [-0.2, -0.15) is 0 Å². The third-order valence-electron chi connectivity index (χ3n) is 2.56. The maximum absolute atomic E-state index is 11.4. The van der Waals surface area contributed by atoms with E-state index in [1.54, 1.807) is 19.4 Å². The minimum atomic E-state index is -0.445. The van der Waals surface area contributed by atoms with E-state index in [2.05, 4.69) is 9.72 Å². The lowest BCUT2D eigenvalue weighted by atomic mass is 10.1. The lowest BCUT2D eigenvalue weighted by Crippen LogP contribution is -2.03. The zero-order valence-corrected chi connectivity index (χ0v) is 10.2. The number of hydrogen-bond acceptors (Lipinski definition) is 4. The second-order valence-corrected chi connectivity index (χ2v) is 3.65. The highest BCUT2D eigenvalue weighted by atomic mass is 16.5. The molecule has 92 valence electrons. The van der Waals surface area contributed by atoms with Crippen molar-refractivity contribution in [2.24, 2.45) is 0 Å². The number of ether oxygens (including phenoxy) is 2. The van der Waals surface area contributed by atoms with Crippen molar-refractivity contribution in [2.75, 3.05) is 14.2 Å². The average Bonchev–Trinajstić information content (AvgIpc) is 2.46. The maximum Gasteiger partial charge on any atom is 0.356 e. The highest BCUT2D eigenvalue weighted by Crippen LogP contribution is 2.23. The molecular weight excluding hydrogens is 230 g/mol. The Bertz CT molecular complexity index is 566. The summed E-state index contributed by atoms with van der Waals surface area (Å²) in [6, 6.07) is 11.1. The molecule has 0 N–H and O–H groups in total. The molecule has 2 aromatic rings. The van der Waals surface area contributed by atoms with Crippen molar-refractivity contribution in [3.63, 3.8) is 0 Å². The Morgan fingerprint density at radius 1 is 1.11 bits per heavy atom. The van der Waals surface area contributed by atoms with Gasteiger partial charge in [0.2, 0.25) is 0 Å². The molecule has 0 spiro atoms. The molecule has 0 fully saturated rings. The van der Waals surface area contributed by atoms with Crippen molar-refractivity contribution in [1.82, 2.24) is 4.98 Å². The molecule has 0 saturated carbocycles. The molecule has 0 aliphatic rings. The van der Waals surface area contributed by atoms with Crippen molar-refractivity contribution >= 4 is 5.97 Å². The Balaban J connectivity index is 2.41. The summed E-state index contributed by atoms with van der Waals surface area (Å²) in [5.74, 6) is 0.323. The van der Waals surface area contributed by atoms with Crippen LogP contribution in [0.4, 0.5) is 0 Å². The fraction of sp³-hybridized carbons (Fsp3) is 0.143. The number of carbonyl (C=O) groups is 1. The second-order valence-electron chi connectivity index (χ2n) is 3.65. The summed E-state index contributed by atoms with van der Waals surface area (Å²) in [6.07, 6.45) is 1.58. The largest absolute Gasteiger partial charge is 0.497 e. The van der Waals surface area contributed by atoms with Crippen LogP contribution in [0.15, 0.2) is 42.6 Å². The van der Waals surface area contributed by atoms with Gasteiger partial charge in [-0.15, -0.1) is 0 Å². The molecule has 4 heteroatoms. The van der Waals surface area contributed by atoms with Crippen LogP contribution in [-0.4, -0.2) is 25.2 Å². The van der Waals surface area contributed by atoms with Crippen LogP contribution in [0, 0.1) is 0 Å². The number of esters is 1. The summed E-state index contributed by atoms with van der Waals surface area (Å²) < 4.78 is 9.81. The smallest absolute Gasteiger partial charge is 0.356 e. The summed E-state index contributed by atoms with van der Waals surface area (Å²) in [7, 11) is 2.95. The predicted octanol–water partition coefficient (Wildman–Crippen LogP) is 2.54. The fourth-order valence-corrected chi connectivity index (χ4v) is 1.63. The Morgan fingerprint density at radius 2 is 1.89 bits per heavy atom. The van der Waals surface area contributed by atoms with Crippen LogP contribution in [0.5, 0.6) is 5.75 Å². The number of aromatic nitrogens is 1. The molecule has 0 aliphatic heterocycles. The van der Waals surface area contributed by atoms with E-state index in [9.17, 15) is 4.79 Å². The Hall–Kier alpha value is -2.36. The minimum Gasteiger partial charge on any atom is -0.497 e. The average molecular weight is 243 g/mol. The van der Waals surface area contributed by atoms with Gasteiger partial charge in [0.15, 0.2) is 0 Å². The first-order valence-electron chi connectivity index (χ1n) is 5.43. The molecule has 1 aromatic carbocycles. The van der Waals surface area contributed by atoms with Gasteiger partial charge in [-0.3, -0.25) is 0 Å². The number of rotatable bonds is 3. The van der Waals surface area contributed by atoms with Crippen molar-refractivity contribution in [1.29, 1.82) is 0 Å². The highest BCUT2D eigenvalue weighted by Gasteiger charge is 2.08. The number of nitrogens with zero attached hydrogens (tertiary/aromatic N) is 1. The van der Waals surface area contributed by atoms with E-state index < -0.39 is 5.97 Å². The van der Waals surface area contributed by atoms with E-state index in [-0.39, 0.29) is 5.69 Å². The van der Waals surface area contributed by atoms with E-state index in [1.807, 2.05) is 30.3 Å². The van der Waals surface area contributed by atoms with Gasteiger partial charge < -0.3 is 9.47 Å². The SMILES string of the molecule is COC(=O)c1cc(-c2cccc(OC)c2)ccn1. The quantitative estimate of drug-likeness (QED) is 0.777. The Morgan fingerprint density at radius 3 is 2.61 bits per heavy atom. The lowest BCUT2D eigenvalue weighted by molar-refractivity contribution is 0.0594. The van der Waals surface area contributed by atoms with Crippen molar-refractivity contribution in [3.8, 4) is 16.9 Å². The molecule has 0 radical (unpaired) electrons. The van der Waals surface area contributed by atoms with Crippen LogP contribution < -0.4 is 4.74 Å². The number of hydrogen-bond donors (Lipinski definition) is 0. The van der Waals surface area contributed by atoms with Gasteiger partial charge in [-0.05, 0) is 35.4 Å². The normalized spacial score (nSPS) is 9.89. The third kappa shape index (κ3) is 2.48. The molecular formula is C14H13NO3. The summed E-state index contributed by atoms with van der Waals surface area (Å²) in [6.45, 7) is 0. The maximum atomic E-state index is 11.4. The van der Waals surface area contributed by atoms with Crippen molar-refractivity contribution in [2.45, 2.75) is 0 Å². The van der Waals surface area contributed by atoms with Gasteiger partial charge in [-0.1, -0.05) is 12.1 Å². The number of pyridine rings is 1. The summed E-state index contributed by atoms with van der Waals surface area (Å²) >= 11 is 0. The second kappa shape index (κ2) is 5.31. The van der Waals surface area contributed by atoms with Gasteiger partial charge in [0.1, 0.15) is 11.4 Å². The van der Waals surface area contributed by atoms with Gasteiger partial charge >= 0.3 is 5.97 Å². The molecule has 0 atom stereocenters. The van der Waals surface area contributed by atoms with Crippen LogP contribution in [0.3, 0.4) is 0 Å². The predicted molar refractivity (Wildman–Crippen MR) is 67.6 cm³/mol. The van der Waals surface area contributed by atoms with Crippen LogP contribution in [0.1, 0.15) is 10.5 Å². The molecule has 0 bridgehead atoms. The van der Waals surface area contributed by atoms with Crippen LogP contribution >= 0.6 is 0 Å². The van der Waals surface area contributed by atoms with Crippen LogP contribution in [-0.2, 0) is 4.74 Å². The molecule has 2 rings (SSSR count). The molecule has 0 saturated heterocycles. The van der Waals surface area contributed by atoms with E-state index in [4.69, 9.17) is 4.74 Å². The summed E-state index contributed by atoms with van der Waals surface area (Å²) in [5, 5.41) is 0. The lowest BCUT2D eigenvalue weighted by Gasteiger charge is -2.05. The summed E-state index contributed by atoms with van der Waals surface area (Å²) in [4.78, 5) is 15.4. The summed E-state index contributed by atoms with van der Waals surface area (Å²) in [5.41, 5.74) is 2.14. The standard InChI is InChI=1S/C14H13NO3/c1-17-12-5-3-4-10(8-12)11-6-7-15-13(9-11)14(16)18-2/h3-9H,1-2H3. The molecule has 4 nitrogen and oxygen atoms in total. The number of methoxy groups -OCH3 is 2. The van der Waals surface area contributed by atoms with Gasteiger partial charge in [0.25, 0.3) is 0 Å². The number of carbonyl (C=O) groups excluding carboxylic acids is 1. The third-order valence-corrected chi connectivity index (χ3v) is 2.56. The molecule has 1 heterocycles. The Labute approximate surface area is 105 Å². The van der Waals surface area contributed by atoms with E-state index >= 15 is 0 Å². The van der Waals surface area contributed by atoms with E-state index in [1.165, 1.54) is 7.11 Å². The van der Waals surface area contributed by atoms with Crippen LogP contribution in [0.25, 0.3) is 11.1 Å². The van der Waals surface area contributed by atoms with E-state index in [0.717, 1.165) is 16.9 Å². The first-order chi connectivity index (χ1) is 8.74. The molecule has 0 aliphatic carbocycles. The molecule has 18 heavy (non-hydrogen) atoms. The number of benzene rings is 1. The van der Waals surface area contributed by atoms with Crippen LogP contribution in [0.2, 0.25) is 0 Å². The van der Waals surface area contributed by atoms with Crippen molar-refractivity contribution < 1.29 is 14.3 Å². The zero-order chi connectivity index (χ0) is 13.0. The van der Waals surface area contributed by atoms with E-state index in [0.29, 0.717) is 0 Å². The monoisotopic (exact) mass is 243 g/mol. The molecule has 0 amide bonds. The van der Waals surface area contributed by atoms with Crippen molar-refractivity contribution in [3.05, 3.63) is 48.3 Å². The highest BCUT2D eigenvalue weighted by molar-refractivity contribution is 5.88. The Kier molecular flexibility index (Phi) is 3.57. The first-order valence-corrected chi connectivity index (χ1v) is 5.43. The topological polar surface area (TPSA) is 48.4 Å². The zero-order valence-electron chi connectivity index (χ0n) is 10.2. The first kappa shape index (κ1) is 12.1. The molecule has 0 unspecified atom stereocenters. The van der Waals surface area contributed by atoms with Gasteiger partial charge in [-0.25, -0.2) is 9.78 Å². The minimum absolute atomic E-state index is 0.290. The molecule has 1 aromatic heterocycles. The van der Waals surface area contributed by atoms with Gasteiger partial charge in [0.05, 0.1) is 14.2 Å². The van der Waals surface area contributed by atoms with Gasteiger partial charge in [0, 0.05) is 6.20 Å². The fourth-order valence-electron chi connectivity index (χ4n) is 1.63.